The van der Waals surface area contributed by atoms with Gasteiger partial charge < -0.3 is 20.1 Å². The van der Waals surface area contributed by atoms with E-state index in [2.05, 4.69) is 83.1 Å². The topological polar surface area (TPSA) is 59.6 Å². The Morgan fingerprint density at radius 3 is 2.50 bits per heavy atom. The van der Waals surface area contributed by atoms with Crippen LogP contribution in [-0.4, -0.2) is 18.5 Å². The summed E-state index contributed by atoms with van der Waals surface area (Å²) in [5.41, 5.74) is 4.92. The molecular formula is C29H29IN2O3S. The van der Waals surface area contributed by atoms with Crippen molar-refractivity contribution in [2.75, 3.05) is 12.4 Å². The van der Waals surface area contributed by atoms with Crippen LogP contribution in [0, 0.1) is 3.57 Å². The predicted molar refractivity (Wildman–Crippen MR) is 157 cm³/mol. The molecule has 0 spiro atoms. The third kappa shape index (κ3) is 6.64. The van der Waals surface area contributed by atoms with Crippen LogP contribution in [0.1, 0.15) is 29.2 Å². The van der Waals surface area contributed by atoms with Crippen molar-refractivity contribution in [3.05, 3.63) is 104 Å². The van der Waals surface area contributed by atoms with Crippen LogP contribution in [0.5, 0.6) is 11.5 Å². The first-order valence-electron chi connectivity index (χ1n) is 11.7. The van der Waals surface area contributed by atoms with Crippen LogP contribution in [0.3, 0.4) is 0 Å². The highest BCUT2D eigenvalue weighted by Gasteiger charge is 2.27. The van der Waals surface area contributed by atoms with Crippen LogP contribution < -0.4 is 20.1 Å². The highest BCUT2D eigenvalue weighted by molar-refractivity contribution is 14.1. The maximum atomic E-state index is 12.7. The Bertz CT molecular complexity index is 1260. The SMILES string of the molecule is C=CCc1cc(/C=C2\S[C@H](Nc3ccc(CC)cc3)NC2=O)cc(OC)c1OCc1ccc(I)cc1. The standard InChI is InChI=1S/C29H29IN2O3S/c1-4-6-22-15-21(16-25(34-3)27(22)35-18-20-7-11-23(30)12-8-20)17-26-28(33)32-29(36-26)31-24-13-9-19(5-2)10-14-24/h4,7-17,29,31H,1,5-6,18H2,2-3H3,(H,32,33)/b26-17-/t29-/m1/s1. The van der Waals surface area contributed by atoms with Gasteiger partial charge in [-0.2, -0.15) is 0 Å². The molecule has 186 valence electrons. The van der Waals surface area contributed by atoms with Crippen molar-refractivity contribution in [3.63, 3.8) is 0 Å². The smallest absolute Gasteiger partial charge is 0.260 e. The van der Waals surface area contributed by atoms with E-state index in [4.69, 9.17) is 9.47 Å². The second-order valence-electron chi connectivity index (χ2n) is 8.29. The Hall–Kier alpha value is -2.91. The van der Waals surface area contributed by atoms with Gasteiger partial charge in [0.2, 0.25) is 0 Å². The number of thioether (sulfide) groups is 1. The molecule has 3 aromatic carbocycles. The fourth-order valence-electron chi connectivity index (χ4n) is 3.83. The van der Waals surface area contributed by atoms with Gasteiger partial charge in [0.1, 0.15) is 6.61 Å². The number of aryl methyl sites for hydroxylation is 1. The zero-order valence-electron chi connectivity index (χ0n) is 20.3. The number of benzene rings is 3. The summed E-state index contributed by atoms with van der Waals surface area (Å²) < 4.78 is 13.1. The molecule has 36 heavy (non-hydrogen) atoms. The first kappa shape index (κ1) is 26.2. The number of allylic oxidation sites excluding steroid dienone is 1. The first-order valence-corrected chi connectivity index (χ1v) is 13.7. The van der Waals surface area contributed by atoms with Crippen LogP contribution in [0.2, 0.25) is 0 Å². The third-order valence-electron chi connectivity index (χ3n) is 5.72. The summed E-state index contributed by atoms with van der Waals surface area (Å²) in [6.45, 7) is 6.46. The largest absolute Gasteiger partial charge is 0.493 e. The van der Waals surface area contributed by atoms with E-state index in [1.54, 1.807) is 7.11 Å². The fraction of sp³-hybridized carbons (Fsp3) is 0.207. The van der Waals surface area contributed by atoms with E-state index in [0.717, 1.165) is 28.8 Å². The van der Waals surface area contributed by atoms with E-state index in [0.29, 0.717) is 29.4 Å². The average Bonchev–Trinajstić information content (AvgIpc) is 3.22. The minimum atomic E-state index is -0.234. The quantitative estimate of drug-likeness (QED) is 0.150. The highest BCUT2D eigenvalue weighted by Crippen LogP contribution is 2.37. The van der Waals surface area contributed by atoms with Gasteiger partial charge in [-0.1, -0.05) is 49.0 Å². The molecule has 1 fully saturated rings. The normalized spacial score (nSPS) is 16.0. The summed E-state index contributed by atoms with van der Waals surface area (Å²) in [5.74, 6) is 1.21. The van der Waals surface area contributed by atoms with Gasteiger partial charge in [-0.05, 0) is 94.6 Å². The Kier molecular flexibility index (Phi) is 8.98. The maximum absolute atomic E-state index is 12.7. The fourth-order valence-corrected chi connectivity index (χ4v) is 5.17. The lowest BCUT2D eigenvalue weighted by Gasteiger charge is -2.16. The molecule has 4 rings (SSSR count). The minimum Gasteiger partial charge on any atom is -0.493 e. The first-order chi connectivity index (χ1) is 17.5. The number of rotatable bonds is 10. The summed E-state index contributed by atoms with van der Waals surface area (Å²) in [5, 5.41) is 6.36. The van der Waals surface area contributed by atoms with Crippen LogP contribution in [-0.2, 0) is 24.2 Å². The van der Waals surface area contributed by atoms with Crippen molar-refractivity contribution in [1.29, 1.82) is 0 Å². The number of carbonyl (C=O) groups is 1. The number of halogens is 1. The summed E-state index contributed by atoms with van der Waals surface area (Å²) in [7, 11) is 1.63. The monoisotopic (exact) mass is 612 g/mol. The van der Waals surface area contributed by atoms with Crippen molar-refractivity contribution in [2.24, 2.45) is 0 Å². The van der Waals surface area contributed by atoms with Crippen LogP contribution in [0.15, 0.2) is 78.2 Å². The molecule has 0 aliphatic carbocycles. The van der Waals surface area contributed by atoms with Crippen LogP contribution in [0.25, 0.3) is 6.08 Å². The zero-order valence-corrected chi connectivity index (χ0v) is 23.3. The molecule has 1 saturated heterocycles. The number of methoxy groups -OCH3 is 1. The summed E-state index contributed by atoms with van der Waals surface area (Å²) in [6, 6.07) is 20.4. The molecule has 1 aliphatic heterocycles. The number of carbonyl (C=O) groups excluding carboxylic acids is 1. The molecule has 0 radical (unpaired) electrons. The molecule has 7 heteroatoms. The van der Waals surface area contributed by atoms with Gasteiger partial charge in [0, 0.05) is 14.8 Å². The molecule has 1 amide bonds. The van der Waals surface area contributed by atoms with Gasteiger partial charge in [-0.3, -0.25) is 4.79 Å². The number of amides is 1. The molecule has 1 atom stereocenters. The Balaban J connectivity index is 1.52. The van der Waals surface area contributed by atoms with Crippen LogP contribution >= 0.6 is 34.4 Å². The van der Waals surface area contributed by atoms with Crippen molar-refractivity contribution in [1.82, 2.24) is 5.32 Å². The lowest BCUT2D eigenvalue weighted by molar-refractivity contribution is -0.116. The second kappa shape index (κ2) is 12.4. The number of hydrogen-bond donors (Lipinski definition) is 2. The number of ether oxygens (including phenoxy) is 2. The zero-order chi connectivity index (χ0) is 25.5. The van der Waals surface area contributed by atoms with Crippen molar-refractivity contribution in [2.45, 2.75) is 31.9 Å². The van der Waals surface area contributed by atoms with Crippen LogP contribution in [0.4, 0.5) is 5.69 Å². The van der Waals surface area contributed by atoms with E-state index in [1.165, 1.54) is 20.9 Å². The van der Waals surface area contributed by atoms with Crippen molar-refractivity contribution in [3.8, 4) is 11.5 Å². The van der Waals surface area contributed by atoms with Gasteiger partial charge in [-0.25, -0.2) is 0 Å². The second-order valence-corrected chi connectivity index (χ2v) is 10.7. The molecule has 0 aromatic heterocycles. The highest BCUT2D eigenvalue weighted by atomic mass is 127. The van der Waals surface area contributed by atoms with Gasteiger partial charge in [0.25, 0.3) is 5.91 Å². The maximum Gasteiger partial charge on any atom is 0.260 e. The molecule has 5 nitrogen and oxygen atoms in total. The van der Waals surface area contributed by atoms with Gasteiger partial charge in [0.05, 0.1) is 12.0 Å². The molecule has 0 unspecified atom stereocenters. The summed E-state index contributed by atoms with van der Waals surface area (Å²) >= 11 is 3.75. The summed E-state index contributed by atoms with van der Waals surface area (Å²) in [4.78, 5) is 13.3. The Morgan fingerprint density at radius 1 is 1.11 bits per heavy atom. The Labute approximate surface area is 230 Å². The van der Waals surface area contributed by atoms with Gasteiger partial charge >= 0.3 is 0 Å². The van der Waals surface area contributed by atoms with E-state index >= 15 is 0 Å². The van der Waals surface area contributed by atoms with E-state index < -0.39 is 0 Å². The lowest BCUT2D eigenvalue weighted by Crippen LogP contribution is -2.30. The van der Waals surface area contributed by atoms with E-state index in [9.17, 15) is 4.79 Å². The lowest BCUT2D eigenvalue weighted by atomic mass is 10.0. The molecule has 1 aliphatic rings. The molecule has 2 N–H and O–H groups in total. The van der Waals surface area contributed by atoms with Gasteiger partial charge in [-0.15, -0.1) is 6.58 Å². The number of nitrogens with one attached hydrogen (secondary N) is 2. The van der Waals surface area contributed by atoms with E-state index in [1.807, 2.05) is 36.4 Å². The van der Waals surface area contributed by atoms with E-state index in [-0.39, 0.29) is 11.4 Å². The Morgan fingerprint density at radius 2 is 1.83 bits per heavy atom. The minimum absolute atomic E-state index is 0.106. The summed E-state index contributed by atoms with van der Waals surface area (Å²) in [6.07, 6.45) is 5.34. The number of hydrogen-bond acceptors (Lipinski definition) is 5. The average molecular weight is 613 g/mol. The predicted octanol–water partition coefficient (Wildman–Crippen LogP) is 6.77. The molecule has 0 bridgehead atoms. The van der Waals surface area contributed by atoms with Crippen molar-refractivity contribution < 1.29 is 14.3 Å². The number of anilines is 1. The molecule has 3 aromatic rings. The molecule has 1 heterocycles. The van der Waals surface area contributed by atoms with Gasteiger partial charge in [0.15, 0.2) is 17.0 Å². The molecule has 0 saturated carbocycles. The van der Waals surface area contributed by atoms with Crippen molar-refractivity contribution >= 4 is 52.0 Å². The third-order valence-corrected chi connectivity index (χ3v) is 7.47. The molecular weight excluding hydrogens is 583 g/mol.